The number of halogens is 1. The first kappa shape index (κ1) is 21.9. The van der Waals surface area contributed by atoms with Crippen LogP contribution in [0.4, 0.5) is 4.39 Å². The van der Waals surface area contributed by atoms with Gasteiger partial charge in [-0.05, 0) is 43.2 Å². The summed E-state index contributed by atoms with van der Waals surface area (Å²) in [5, 5.41) is 6.56. The molecule has 0 saturated heterocycles. The number of hydrogen-bond acceptors (Lipinski definition) is 5. The fraction of sp³-hybridized carbons (Fsp3) is 0.167. The minimum atomic E-state index is -0.845. The molecule has 4 rings (SSSR count). The van der Waals surface area contributed by atoms with Crippen molar-refractivity contribution >= 4 is 5.91 Å². The Morgan fingerprint density at radius 1 is 1.09 bits per heavy atom. The van der Waals surface area contributed by atoms with Gasteiger partial charge in [0, 0.05) is 6.07 Å². The van der Waals surface area contributed by atoms with Gasteiger partial charge in [0.15, 0.2) is 0 Å². The van der Waals surface area contributed by atoms with Gasteiger partial charge >= 0.3 is 5.69 Å². The van der Waals surface area contributed by atoms with Gasteiger partial charge < -0.3 is 9.73 Å². The Morgan fingerprint density at radius 3 is 2.61 bits per heavy atom. The second kappa shape index (κ2) is 9.07. The molecule has 33 heavy (non-hydrogen) atoms. The lowest BCUT2D eigenvalue weighted by molar-refractivity contribution is 0.0938. The van der Waals surface area contributed by atoms with Crippen LogP contribution in [0.3, 0.4) is 0 Å². The largest absolute Gasteiger partial charge is 0.467 e. The van der Waals surface area contributed by atoms with Gasteiger partial charge in [-0.3, -0.25) is 14.2 Å². The van der Waals surface area contributed by atoms with E-state index in [2.05, 4.69) is 10.4 Å². The first-order valence-corrected chi connectivity index (χ1v) is 10.2. The van der Waals surface area contributed by atoms with Crippen LogP contribution in [0.1, 0.15) is 32.9 Å². The number of furan rings is 1. The molecular formula is C24H21FN4O4. The summed E-state index contributed by atoms with van der Waals surface area (Å²) in [5.41, 5.74) is 0.0119. The van der Waals surface area contributed by atoms with Crippen molar-refractivity contribution in [2.75, 3.05) is 0 Å². The van der Waals surface area contributed by atoms with E-state index in [1.807, 2.05) is 25.1 Å². The van der Waals surface area contributed by atoms with E-state index in [0.717, 1.165) is 20.9 Å². The first-order valence-electron chi connectivity index (χ1n) is 10.2. The van der Waals surface area contributed by atoms with Crippen molar-refractivity contribution in [3.8, 4) is 5.69 Å². The topological polar surface area (TPSA) is 99.1 Å². The highest BCUT2D eigenvalue weighted by atomic mass is 19.1. The number of rotatable bonds is 6. The third-order valence-electron chi connectivity index (χ3n) is 5.10. The number of nitrogens with one attached hydrogen (secondary N) is 1. The number of nitrogens with zero attached hydrogens (tertiary/aromatic N) is 3. The highest BCUT2D eigenvalue weighted by Gasteiger charge is 2.21. The highest BCUT2D eigenvalue weighted by molar-refractivity contribution is 5.91. The van der Waals surface area contributed by atoms with E-state index in [-0.39, 0.29) is 18.8 Å². The lowest BCUT2D eigenvalue weighted by Crippen LogP contribution is -2.46. The smallest absolute Gasteiger partial charge is 0.352 e. The minimum Gasteiger partial charge on any atom is -0.467 e. The summed E-state index contributed by atoms with van der Waals surface area (Å²) in [6, 6.07) is 14.8. The molecule has 0 atom stereocenters. The molecule has 0 aliphatic rings. The summed E-state index contributed by atoms with van der Waals surface area (Å²) in [4.78, 5) is 39.1. The molecule has 2 aromatic heterocycles. The fourth-order valence-electron chi connectivity index (χ4n) is 3.34. The van der Waals surface area contributed by atoms with Crippen molar-refractivity contribution in [1.29, 1.82) is 0 Å². The molecule has 0 aliphatic heterocycles. The van der Waals surface area contributed by atoms with Crippen LogP contribution >= 0.6 is 0 Å². The molecule has 1 amide bonds. The van der Waals surface area contributed by atoms with Crippen LogP contribution in [0.25, 0.3) is 5.69 Å². The Morgan fingerprint density at radius 2 is 1.91 bits per heavy atom. The van der Waals surface area contributed by atoms with Gasteiger partial charge in [-0.1, -0.05) is 35.9 Å². The lowest BCUT2D eigenvalue weighted by Gasteiger charge is -2.13. The van der Waals surface area contributed by atoms with Crippen LogP contribution < -0.4 is 16.6 Å². The second-order valence-electron chi connectivity index (χ2n) is 7.62. The van der Waals surface area contributed by atoms with Crippen LogP contribution in [0.5, 0.6) is 0 Å². The van der Waals surface area contributed by atoms with Crippen LogP contribution in [0.2, 0.25) is 0 Å². The van der Waals surface area contributed by atoms with Crippen LogP contribution in [-0.2, 0) is 13.1 Å². The van der Waals surface area contributed by atoms with Crippen molar-refractivity contribution in [3.63, 3.8) is 0 Å². The molecule has 2 heterocycles. The Labute approximate surface area is 187 Å². The molecule has 0 saturated carbocycles. The molecule has 0 fully saturated rings. The maximum atomic E-state index is 14.2. The Bertz CT molecular complexity index is 1440. The van der Waals surface area contributed by atoms with Crippen molar-refractivity contribution in [3.05, 3.63) is 116 Å². The summed E-state index contributed by atoms with van der Waals surface area (Å²) in [7, 11) is 0. The summed E-state index contributed by atoms with van der Waals surface area (Å²) in [6.45, 7) is 3.43. The molecule has 0 bridgehead atoms. The van der Waals surface area contributed by atoms with Crippen molar-refractivity contribution < 1.29 is 13.6 Å². The molecule has 4 aromatic rings. The van der Waals surface area contributed by atoms with Gasteiger partial charge in [0.05, 0.1) is 25.0 Å². The maximum Gasteiger partial charge on any atom is 0.352 e. The SMILES string of the molecule is Cc1cccc(Cn2c(=O)c(C(=O)NCc3ccco3)nn(-c3ccc(C)c(F)c3)c2=O)c1. The maximum absolute atomic E-state index is 14.2. The number of benzene rings is 2. The van der Waals surface area contributed by atoms with Gasteiger partial charge in [0.1, 0.15) is 11.6 Å². The monoisotopic (exact) mass is 448 g/mol. The average molecular weight is 448 g/mol. The zero-order valence-corrected chi connectivity index (χ0v) is 18.0. The van der Waals surface area contributed by atoms with Crippen LogP contribution in [-0.4, -0.2) is 20.3 Å². The highest BCUT2D eigenvalue weighted by Crippen LogP contribution is 2.11. The number of aromatic nitrogens is 3. The number of aryl methyl sites for hydroxylation is 2. The second-order valence-corrected chi connectivity index (χ2v) is 7.62. The van der Waals surface area contributed by atoms with Gasteiger partial charge in [0.25, 0.3) is 11.5 Å². The molecule has 168 valence electrons. The summed E-state index contributed by atoms with van der Waals surface area (Å²) in [6.07, 6.45) is 1.46. The molecule has 2 aromatic carbocycles. The number of carbonyl (C=O) groups excluding carboxylic acids is 1. The van der Waals surface area contributed by atoms with E-state index in [1.54, 1.807) is 25.1 Å². The van der Waals surface area contributed by atoms with Gasteiger partial charge in [-0.2, -0.15) is 9.78 Å². The summed E-state index contributed by atoms with van der Waals surface area (Å²) < 4.78 is 21.2. The fourth-order valence-corrected chi connectivity index (χ4v) is 3.34. The molecule has 0 spiro atoms. The normalized spacial score (nSPS) is 10.9. The molecule has 0 unspecified atom stereocenters. The van der Waals surface area contributed by atoms with Crippen molar-refractivity contribution in [2.24, 2.45) is 0 Å². The standard InChI is InChI=1S/C24H21FN4O4/c1-15-5-3-6-17(11-15)14-28-23(31)21(22(30)26-13-19-7-4-10-33-19)27-29(24(28)32)18-9-8-16(2)20(25)12-18/h3-12H,13-14H2,1-2H3,(H,26,30). The van der Waals surface area contributed by atoms with Crippen LogP contribution in [0.15, 0.2) is 74.9 Å². The van der Waals surface area contributed by atoms with E-state index in [4.69, 9.17) is 4.42 Å². The number of carbonyl (C=O) groups is 1. The Hall–Kier alpha value is -4.27. The first-order chi connectivity index (χ1) is 15.8. The van der Waals surface area contributed by atoms with Crippen molar-refractivity contribution in [2.45, 2.75) is 26.9 Å². The van der Waals surface area contributed by atoms with E-state index in [0.29, 0.717) is 16.9 Å². The zero-order valence-electron chi connectivity index (χ0n) is 18.0. The molecule has 0 aliphatic carbocycles. The minimum absolute atomic E-state index is 0.0309. The predicted octanol–water partition coefficient (Wildman–Crippen LogP) is 2.72. The molecule has 8 nitrogen and oxygen atoms in total. The van der Waals surface area contributed by atoms with E-state index >= 15 is 0 Å². The predicted molar refractivity (Wildman–Crippen MR) is 119 cm³/mol. The molecular weight excluding hydrogens is 427 g/mol. The van der Waals surface area contributed by atoms with Gasteiger partial charge in [-0.25, -0.2) is 9.18 Å². The van der Waals surface area contributed by atoms with Gasteiger partial charge in [0.2, 0.25) is 5.69 Å². The third kappa shape index (κ3) is 4.67. The molecule has 0 radical (unpaired) electrons. The van der Waals surface area contributed by atoms with Crippen LogP contribution in [0, 0.1) is 19.7 Å². The quantitative estimate of drug-likeness (QED) is 0.489. The van der Waals surface area contributed by atoms with Crippen molar-refractivity contribution in [1.82, 2.24) is 19.7 Å². The average Bonchev–Trinajstić information content (AvgIpc) is 3.31. The Balaban J connectivity index is 1.82. The third-order valence-corrected chi connectivity index (χ3v) is 5.10. The number of hydrogen-bond donors (Lipinski definition) is 1. The number of amides is 1. The van der Waals surface area contributed by atoms with Gasteiger partial charge in [-0.15, -0.1) is 0 Å². The lowest BCUT2D eigenvalue weighted by atomic mass is 10.1. The zero-order chi connectivity index (χ0) is 23.5. The van der Waals surface area contributed by atoms with E-state index < -0.39 is 28.7 Å². The van der Waals surface area contributed by atoms with E-state index in [9.17, 15) is 18.8 Å². The molecule has 1 N–H and O–H groups in total. The molecule has 9 heteroatoms. The summed E-state index contributed by atoms with van der Waals surface area (Å²) in [5.74, 6) is -0.838. The van der Waals surface area contributed by atoms with E-state index in [1.165, 1.54) is 18.4 Å². The Kier molecular flexibility index (Phi) is 6.03. The summed E-state index contributed by atoms with van der Waals surface area (Å²) >= 11 is 0.